The number of ether oxygens (including phenoxy) is 1. The van der Waals surface area contributed by atoms with Crippen molar-refractivity contribution in [1.29, 1.82) is 0 Å². The largest absolute Gasteiger partial charge is 0.439 e. The van der Waals surface area contributed by atoms with Gasteiger partial charge in [-0.15, -0.1) is 0 Å². The molecule has 1 aromatic carbocycles. The first kappa shape index (κ1) is 15.5. The Balaban J connectivity index is 2.34. The molecule has 5 heteroatoms. The van der Waals surface area contributed by atoms with E-state index in [1.54, 1.807) is 10.7 Å². The number of rotatable bonds is 5. The van der Waals surface area contributed by atoms with Crippen molar-refractivity contribution in [3.05, 3.63) is 40.8 Å². The summed E-state index contributed by atoms with van der Waals surface area (Å²) in [7, 11) is 1.84. The van der Waals surface area contributed by atoms with Crippen LogP contribution in [0.4, 0.5) is 4.39 Å². The molecule has 2 rings (SSSR count). The second-order valence-electron chi connectivity index (χ2n) is 5.38. The monoisotopic (exact) mass is 291 g/mol. The molecule has 0 aliphatic heterocycles. The third-order valence-corrected chi connectivity index (χ3v) is 3.62. The zero-order chi connectivity index (χ0) is 15.6. The molecule has 4 nitrogen and oxygen atoms in total. The maximum atomic E-state index is 13.2. The molecule has 0 amide bonds. The first-order valence-electron chi connectivity index (χ1n) is 7.14. The topological polar surface area (TPSA) is 53.1 Å². The molecule has 0 aliphatic carbocycles. The summed E-state index contributed by atoms with van der Waals surface area (Å²) in [4.78, 5) is 0. The Morgan fingerprint density at radius 1 is 1.38 bits per heavy atom. The maximum absolute atomic E-state index is 13.2. The number of nitrogens with two attached hydrogens (primary N) is 1. The number of halogens is 1. The fourth-order valence-electron chi connectivity index (χ4n) is 2.28. The van der Waals surface area contributed by atoms with Crippen LogP contribution in [0.25, 0.3) is 0 Å². The van der Waals surface area contributed by atoms with Crippen LogP contribution in [-0.2, 0) is 13.5 Å². The lowest BCUT2D eigenvalue weighted by molar-refractivity contribution is 0.420. The standard InChI is InChI=1S/C16H22FN3O/c1-5-13(18)9-14-11(3)19-20(4)16(14)21-15-7-6-12(17)8-10(15)2/h6-8,13H,5,9,18H2,1-4H3. The Bertz CT molecular complexity index is 637. The van der Waals surface area contributed by atoms with E-state index in [0.717, 1.165) is 23.2 Å². The molecule has 0 fully saturated rings. The van der Waals surface area contributed by atoms with Crippen molar-refractivity contribution in [2.24, 2.45) is 12.8 Å². The van der Waals surface area contributed by atoms with Crippen LogP contribution in [0, 0.1) is 19.7 Å². The molecule has 1 aromatic heterocycles. The fraction of sp³-hybridized carbons (Fsp3) is 0.438. The van der Waals surface area contributed by atoms with Gasteiger partial charge in [-0.2, -0.15) is 5.10 Å². The van der Waals surface area contributed by atoms with E-state index in [1.807, 2.05) is 20.9 Å². The Morgan fingerprint density at radius 3 is 2.71 bits per heavy atom. The quantitative estimate of drug-likeness (QED) is 0.920. The second-order valence-corrected chi connectivity index (χ2v) is 5.38. The lowest BCUT2D eigenvalue weighted by atomic mass is 10.1. The Kier molecular flexibility index (Phi) is 4.63. The van der Waals surface area contributed by atoms with Crippen LogP contribution >= 0.6 is 0 Å². The summed E-state index contributed by atoms with van der Waals surface area (Å²) in [6, 6.07) is 4.56. The predicted octanol–water partition coefficient (Wildman–Crippen LogP) is 3.25. The summed E-state index contributed by atoms with van der Waals surface area (Å²) in [6.45, 7) is 5.82. The molecule has 0 saturated carbocycles. The van der Waals surface area contributed by atoms with E-state index in [1.165, 1.54) is 12.1 Å². The number of aromatic nitrogens is 2. The molecule has 0 radical (unpaired) electrons. The van der Waals surface area contributed by atoms with Crippen molar-refractivity contribution in [2.45, 2.75) is 39.7 Å². The van der Waals surface area contributed by atoms with E-state index >= 15 is 0 Å². The molecule has 0 bridgehead atoms. The van der Waals surface area contributed by atoms with E-state index in [4.69, 9.17) is 10.5 Å². The molecule has 2 N–H and O–H groups in total. The third kappa shape index (κ3) is 3.42. The summed E-state index contributed by atoms with van der Waals surface area (Å²) < 4.78 is 20.9. The molecule has 0 saturated heterocycles. The number of benzene rings is 1. The Labute approximate surface area is 124 Å². The van der Waals surface area contributed by atoms with Crippen LogP contribution in [0.15, 0.2) is 18.2 Å². The van der Waals surface area contributed by atoms with Crippen LogP contribution in [0.3, 0.4) is 0 Å². The highest BCUT2D eigenvalue weighted by atomic mass is 19.1. The van der Waals surface area contributed by atoms with E-state index in [0.29, 0.717) is 18.1 Å². The van der Waals surface area contributed by atoms with Crippen molar-refractivity contribution >= 4 is 0 Å². The molecule has 0 aliphatic rings. The Morgan fingerprint density at radius 2 is 2.10 bits per heavy atom. The summed E-state index contributed by atoms with van der Waals surface area (Å²) >= 11 is 0. The molecule has 114 valence electrons. The van der Waals surface area contributed by atoms with Gasteiger partial charge in [0.25, 0.3) is 0 Å². The van der Waals surface area contributed by atoms with E-state index in [2.05, 4.69) is 12.0 Å². The molecule has 21 heavy (non-hydrogen) atoms. The highest BCUT2D eigenvalue weighted by molar-refractivity contribution is 5.39. The van der Waals surface area contributed by atoms with Crippen molar-refractivity contribution in [3.8, 4) is 11.6 Å². The van der Waals surface area contributed by atoms with Gasteiger partial charge in [-0.1, -0.05) is 6.92 Å². The molecule has 1 heterocycles. The summed E-state index contributed by atoms with van der Waals surface area (Å²) in [5.74, 6) is 1.03. The van der Waals surface area contributed by atoms with Crippen LogP contribution in [0.2, 0.25) is 0 Å². The van der Waals surface area contributed by atoms with Gasteiger partial charge in [-0.05, 0) is 50.5 Å². The van der Waals surface area contributed by atoms with Crippen molar-refractivity contribution in [3.63, 3.8) is 0 Å². The van der Waals surface area contributed by atoms with E-state index in [9.17, 15) is 4.39 Å². The number of aryl methyl sites for hydroxylation is 3. The second kappa shape index (κ2) is 6.26. The smallest absolute Gasteiger partial charge is 0.221 e. The first-order chi connectivity index (χ1) is 9.92. The van der Waals surface area contributed by atoms with Crippen molar-refractivity contribution in [1.82, 2.24) is 9.78 Å². The van der Waals surface area contributed by atoms with Gasteiger partial charge in [0.15, 0.2) is 0 Å². The molecule has 1 unspecified atom stereocenters. The van der Waals surface area contributed by atoms with Gasteiger partial charge >= 0.3 is 0 Å². The fourth-order valence-corrected chi connectivity index (χ4v) is 2.28. The molecular weight excluding hydrogens is 269 g/mol. The minimum atomic E-state index is -0.269. The average molecular weight is 291 g/mol. The molecule has 0 spiro atoms. The highest BCUT2D eigenvalue weighted by Crippen LogP contribution is 2.30. The minimum Gasteiger partial charge on any atom is -0.439 e. The average Bonchev–Trinajstić information content (AvgIpc) is 2.68. The minimum absolute atomic E-state index is 0.0737. The third-order valence-electron chi connectivity index (χ3n) is 3.62. The van der Waals surface area contributed by atoms with Crippen LogP contribution < -0.4 is 10.5 Å². The predicted molar refractivity (Wildman–Crippen MR) is 81.1 cm³/mol. The van der Waals surface area contributed by atoms with Crippen molar-refractivity contribution in [2.75, 3.05) is 0 Å². The molecule has 1 atom stereocenters. The van der Waals surface area contributed by atoms with Gasteiger partial charge in [0.05, 0.1) is 5.69 Å². The molecular formula is C16H22FN3O. The van der Waals surface area contributed by atoms with Gasteiger partial charge in [0.2, 0.25) is 5.88 Å². The van der Waals surface area contributed by atoms with Gasteiger partial charge < -0.3 is 10.5 Å². The van der Waals surface area contributed by atoms with Gasteiger partial charge in [-0.3, -0.25) is 0 Å². The van der Waals surface area contributed by atoms with Crippen molar-refractivity contribution < 1.29 is 9.13 Å². The van der Waals surface area contributed by atoms with Gasteiger partial charge in [-0.25, -0.2) is 9.07 Å². The van der Waals surface area contributed by atoms with E-state index < -0.39 is 0 Å². The van der Waals surface area contributed by atoms with Crippen LogP contribution in [-0.4, -0.2) is 15.8 Å². The summed E-state index contributed by atoms with van der Waals surface area (Å²) in [6.07, 6.45) is 1.61. The summed E-state index contributed by atoms with van der Waals surface area (Å²) in [5, 5.41) is 4.40. The van der Waals surface area contributed by atoms with E-state index in [-0.39, 0.29) is 11.9 Å². The van der Waals surface area contributed by atoms with Crippen LogP contribution in [0.5, 0.6) is 11.6 Å². The Hall–Kier alpha value is -1.88. The zero-order valence-corrected chi connectivity index (χ0v) is 13.0. The SMILES string of the molecule is CCC(N)Cc1c(C)nn(C)c1Oc1ccc(F)cc1C. The van der Waals surface area contributed by atoms with Crippen LogP contribution in [0.1, 0.15) is 30.2 Å². The normalized spacial score (nSPS) is 12.5. The summed E-state index contributed by atoms with van der Waals surface area (Å²) in [5.41, 5.74) is 8.73. The number of nitrogens with zero attached hydrogens (tertiary/aromatic N) is 2. The first-order valence-corrected chi connectivity index (χ1v) is 7.14. The maximum Gasteiger partial charge on any atom is 0.221 e. The highest BCUT2D eigenvalue weighted by Gasteiger charge is 2.18. The van der Waals surface area contributed by atoms with Gasteiger partial charge in [0, 0.05) is 18.7 Å². The lowest BCUT2D eigenvalue weighted by Gasteiger charge is -2.13. The zero-order valence-electron chi connectivity index (χ0n) is 13.0. The number of hydrogen-bond donors (Lipinski definition) is 1. The number of hydrogen-bond acceptors (Lipinski definition) is 3. The molecule has 2 aromatic rings. The van der Waals surface area contributed by atoms with Gasteiger partial charge in [0.1, 0.15) is 11.6 Å². The lowest BCUT2D eigenvalue weighted by Crippen LogP contribution is -2.21.